The van der Waals surface area contributed by atoms with Crippen LogP contribution in [0, 0.1) is 17.8 Å². The van der Waals surface area contributed by atoms with Gasteiger partial charge in [-0.15, -0.1) is 0 Å². The first-order valence-electron chi connectivity index (χ1n) is 34.4. The largest absolute Gasteiger partial charge is 0.508 e. The van der Waals surface area contributed by atoms with Crippen molar-refractivity contribution in [3.63, 3.8) is 0 Å². The number of aliphatic carboxylic acids is 3. The number of nitrogens with zero attached hydrogens (tertiary/aromatic N) is 2. The number of nitrogens with two attached hydrogens (primary N) is 3. The number of H-pyrrole nitrogens is 1. The van der Waals surface area contributed by atoms with E-state index in [1.807, 2.05) is 0 Å². The third-order valence-corrected chi connectivity index (χ3v) is 16.8. The molecule has 105 heavy (non-hydrogen) atoms. The normalized spacial score (nSPS) is 16.1. The van der Waals surface area contributed by atoms with Gasteiger partial charge in [-0.3, -0.25) is 71.9 Å². The molecule has 0 spiro atoms. The zero-order chi connectivity index (χ0) is 78.9. The Morgan fingerprint density at radius 1 is 0.571 bits per heavy atom. The van der Waals surface area contributed by atoms with Crippen molar-refractivity contribution in [2.75, 3.05) is 26.2 Å². The Kier molecular flexibility index (Phi) is 37.5. The summed E-state index contributed by atoms with van der Waals surface area (Å²) in [4.78, 5) is 222. The van der Waals surface area contributed by atoms with Gasteiger partial charge in [0.25, 0.3) is 0 Å². The first kappa shape index (κ1) is 88.8. The van der Waals surface area contributed by atoms with Gasteiger partial charge < -0.3 is 116 Å². The number of unbranched alkanes of at least 4 members (excludes halogenated alkanes) is 1. The number of phenolic OH excluding ortho intramolecular Hbond substituents is 1. The van der Waals surface area contributed by atoms with Crippen LogP contribution >= 0.6 is 0 Å². The highest BCUT2D eigenvalue weighted by atomic mass is 16.4. The van der Waals surface area contributed by atoms with E-state index in [-0.39, 0.29) is 56.7 Å². The lowest BCUT2D eigenvalue weighted by molar-refractivity contribution is -0.145. The van der Waals surface area contributed by atoms with Crippen LogP contribution in [0.15, 0.2) is 36.8 Å². The van der Waals surface area contributed by atoms with Gasteiger partial charge >= 0.3 is 17.9 Å². The molecule has 1 aromatic heterocycles. The molecule has 0 saturated carbocycles. The molecule has 39 nitrogen and oxygen atoms in total. The zero-order valence-electron chi connectivity index (χ0n) is 59.8. The molecule has 39 heteroatoms. The number of carbonyl (C=O) groups is 16. The van der Waals surface area contributed by atoms with Gasteiger partial charge in [-0.1, -0.05) is 60.1 Å². The number of phenols is 1. The molecule has 1 aliphatic rings. The number of hydrogen-bond acceptors (Lipinski definition) is 22. The van der Waals surface area contributed by atoms with Crippen molar-refractivity contribution in [1.82, 2.24) is 73.4 Å². The summed E-state index contributed by atoms with van der Waals surface area (Å²) < 4.78 is 0. The van der Waals surface area contributed by atoms with Crippen molar-refractivity contribution < 1.29 is 107 Å². The summed E-state index contributed by atoms with van der Waals surface area (Å²) in [6.07, 6.45) is -1.50. The first-order valence-corrected chi connectivity index (χ1v) is 34.4. The fraction of sp³-hybridized carbons (Fsp3) is 0.621. The lowest BCUT2D eigenvalue weighted by Gasteiger charge is -2.30. The van der Waals surface area contributed by atoms with Crippen molar-refractivity contribution in [2.45, 2.75) is 217 Å². The van der Waals surface area contributed by atoms with E-state index in [2.05, 4.69) is 68.5 Å². The number of imidazole rings is 1. The fourth-order valence-electron chi connectivity index (χ4n) is 10.9. The maximum absolute atomic E-state index is 14.5. The second-order valence-electron chi connectivity index (χ2n) is 26.6. The molecule has 0 bridgehead atoms. The Balaban J connectivity index is 1.81. The number of hydrogen-bond donors (Lipinski definition) is 21. The van der Waals surface area contributed by atoms with Gasteiger partial charge in [-0.25, -0.2) is 9.78 Å². The molecule has 0 radical (unpaired) electrons. The molecule has 1 aliphatic heterocycles. The van der Waals surface area contributed by atoms with E-state index in [0.29, 0.717) is 30.6 Å². The van der Waals surface area contributed by atoms with Crippen LogP contribution in [-0.2, 0) is 89.6 Å². The number of likely N-dealkylation sites (tertiary alicyclic amines) is 1. The second-order valence-corrected chi connectivity index (χ2v) is 26.6. The van der Waals surface area contributed by atoms with Gasteiger partial charge in [0.05, 0.1) is 31.6 Å². The molecular weight excluding hydrogens is 1380 g/mol. The van der Waals surface area contributed by atoms with E-state index in [0.717, 1.165) is 11.8 Å². The average Bonchev–Trinajstić information content (AvgIpc) is 1.72. The van der Waals surface area contributed by atoms with Crippen molar-refractivity contribution in [2.24, 2.45) is 35.0 Å². The summed E-state index contributed by atoms with van der Waals surface area (Å²) in [5, 5.41) is 86.8. The third kappa shape index (κ3) is 30.8. The number of aliphatic hydroxyl groups is 2. The number of aromatic amines is 1. The highest BCUT2D eigenvalue weighted by Crippen LogP contribution is 2.21. The second kappa shape index (κ2) is 44.3. The molecule has 24 N–H and O–H groups in total. The summed E-state index contributed by atoms with van der Waals surface area (Å²) >= 11 is 0. The molecule has 1 aromatic carbocycles. The Labute approximate surface area is 605 Å². The van der Waals surface area contributed by atoms with Crippen molar-refractivity contribution in [3.05, 3.63) is 48.0 Å². The minimum absolute atomic E-state index is 0.0485. The van der Waals surface area contributed by atoms with Crippen molar-refractivity contribution in [1.29, 1.82) is 0 Å². The highest BCUT2D eigenvalue weighted by molar-refractivity contribution is 6.00. The number of primary amides is 1. The SMILES string of the molecule is CC(C)C[C@H](NC(=O)[C@H](CCC(=O)O)NC(=O)[C@H](CCC(=O)O)NC(=O)[C@@H](N)CCCCN)C(=O)NCC(=O)N[C@H](C(=O)N[C@H](C(=O)N[C@H](C(=O)N[C@@H](Cc1ccc(O)cc1)C(=O)N[C@@H](CCC(N)=O)C(=O)N[C@@H](CO)C(=O)N1CCC[C@H]1C(=O)N[C@@H](Cc1cnc[nH]1)C(=O)O)C(C)C)[C@@H](C)O)C(C)C. The minimum atomic E-state index is -1.86. The zero-order valence-corrected chi connectivity index (χ0v) is 59.8. The molecule has 0 aliphatic carbocycles. The summed E-state index contributed by atoms with van der Waals surface area (Å²) in [6, 6.07) is -13.2. The number of nitrogens with one attached hydrogen (secondary N) is 12. The van der Waals surface area contributed by atoms with Crippen molar-refractivity contribution >= 4 is 94.7 Å². The number of carboxylic acid groups (broad SMARTS) is 3. The quantitative estimate of drug-likeness (QED) is 0.0274. The van der Waals surface area contributed by atoms with Crippen LogP contribution in [0.5, 0.6) is 5.75 Å². The topological polar surface area (TPSA) is 637 Å². The molecule has 13 atom stereocenters. The number of rotatable bonds is 47. The molecule has 1 fully saturated rings. The van der Waals surface area contributed by atoms with Gasteiger partial charge in [0.1, 0.15) is 72.2 Å². The molecule has 584 valence electrons. The Morgan fingerprint density at radius 3 is 1.56 bits per heavy atom. The van der Waals surface area contributed by atoms with E-state index in [4.69, 9.17) is 17.2 Å². The first-order chi connectivity index (χ1) is 49.4. The van der Waals surface area contributed by atoms with Crippen LogP contribution in [0.1, 0.15) is 137 Å². The summed E-state index contributed by atoms with van der Waals surface area (Å²) in [5.74, 6) is -19.3. The summed E-state index contributed by atoms with van der Waals surface area (Å²) in [7, 11) is 0. The van der Waals surface area contributed by atoms with Gasteiger partial charge in [0.2, 0.25) is 76.8 Å². The highest BCUT2D eigenvalue weighted by Gasteiger charge is 2.42. The number of carboxylic acids is 3. The van der Waals surface area contributed by atoms with Crippen molar-refractivity contribution in [3.8, 4) is 5.75 Å². The molecule has 13 amide bonds. The van der Waals surface area contributed by atoms with Gasteiger partial charge in [-0.2, -0.15) is 0 Å². The Bertz CT molecular complexity index is 3320. The number of amides is 13. The maximum Gasteiger partial charge on any atom is 0.326 e. The van der Waals surface area contributed by atoms with Crippen LogP contribution < -0.4 is 75.7 Å². The number of aromatic nitrogens is 2. The predicted molar refractivity (Wildman–Crippen MR) is 370 cm³/mol. The average molecular weight is 1490 g/mol. The van der Waals surface area contributed by atoms with Gasteiger partial charge in [0, 0.05) is 50.5 Å². The van der Waals surface area contributed by atoms with E-state index in [1.165, 1.54) is 64.5 Å². The van der Waals surface area contributed by atoms with E-state index >= 15 is 0 Å². The number of carbonyl (C=O) groups excluding carboxylic acids is 13. The minimum Gasteiger partial charge on any atom is -0.508 e. The Hall–Kier alpha value is -10.4. The van der Waals surface area contributed by atoms with Gasteiger partial charge in [0.15, 0.2) is 0 Å². The lowest BCUT2D eigenvalue weighted by Crippen LogP contribution is -2.63. The predicted octanol–water partition coefficient (Wildman–Crippen LogP) is -5.88. The molecule has 1 saturated heterocycles. The van der Waals surface area contributed by atoms with E-state index in [9.17, 15) is 107 Å². The number of aliphatic hydroxyl groups excluding tert-OH is 2. The number of benzene rings is 1. The Morgan fingerprint density at radius 2 is 1.07 bits per heavy atom. The standard InChI is InChI=1S/C66H103N17O22/c1-32(2)25-43(76-58(96)42(19-22-51(91)92)74-57(95)41(18-21-50(89)90)73-55(93)39(68)11-8-9-23-67)56(94)71-29-49(88)80-52(33(3)4)63(101)82-54(35(7)85)64(102)81-53(34(5)6)62(100)77-44(26-36-13-15-38(86)16-14-36)60(98)75-40(17-20-48(69)87)59(97)79-46(30-84)65(103)83-24-10-12-47(83)61(99)78-45(66(104)105)27-37-28-70-31-72-37/h13-16,28,31-35,39-47,52-54,84-86H,8-12,17-27,29-30,67-68H2,1-7H3,(H2,69,87)(H,70,72)(H,71,94)(H,73,93)(H,74,95)(H,75,98)(H,76,96)(H,77,100)(H,78,99)(H,79,97)(H,80,88)(H,81,102)(H,82,101)(H,89,90)(H,91,92)(H,104,105)/t35-,39+,40+,41+,42+,43+,44+,45+,46+,47+,52+,53+,54+/m1/s1. The summed E-state index contributed by atoms with van der Waals surface area (Å²) in [6.45, 7) is 8.86. The van der Waals surface area contributed by atoms with Crippen LogP contribution in [0.3, 0.4) is 0 Å². The fourth-order valence-corrected chi connectivity index (χ4v) is 10.9. The van der Waals surface area contributed by atoms with Crippen LogP contribution in [0.25, 0.3) is 0 Å². The molecule has 2 aromatic rings. The molecular formula is C66H103N17O22. The van der Waals surface area contributed by atoms with Crippen LogP contribution in [0.2, 0.25) is 0 Å². The lowest BCUT2D eigenvalue weighted by atomic mass is 9.99. The molecule has 0 unspecified atom stereocenters. The van der Waals surface area contributed by atoms with Crippen LogP contribution in [-0.4, -0.2) is 245 Å². The van der Waals surface area contributed by atoms with E-state index in [1.54, 1.807) is 13.8 Å². The summed E-state index contributed by atoms with van der Waals surface area (Å²) in [5.41, 5.74) is 17.7. The molecule has 3 rings (SSSR count). The van der Waals surface area contributed by atoms with E-state index < -0.39 is 237 Å². The third-order valence-electron chi connectivity index (χ3n) is 16.8. The monoisotopic (exact) mass is 1490 g/mol. The van der Waals surface area contributed by atoms with Gasteiger partial charge in [-0.05, 0) is 100 Å². The number of aromatic hydroxyl groups is 1. The maximum atomic E-state index is 14.5. The van der Waals surface area contributed by atoms with Crippen LogP contribution in [0.4, 0.5) is 0 Å². The smallest absolute Gasteiger partial charge is 0.326 e. The molecule has 2 heterocycles.